The van der Waals surface area contributed by atoms with Crippen LogP contribution < -0.4 is 0 Å². The van der Waals surface area contributed by atoms with E-state index in [0.717, 1.165) is 0 Å². The van der Waals surface area contributed by atoms with Crippen molar-refractivity contribution in [1.82, 2.24) is 0 Å². The lowest BCUT2D eigenvalue weighted by Crippen LogP contribution is -2.20. The van der Waals surface area contributed by atoms with Crippen molar-refractivity contribution in [2.45, 2.75) is 46.5 Å². The molecule has 0 aliphatic rings. The van der Waals surface area contributed by atoms with Crippen LogP contribution in [0.3, 0.4) is 0 Å². The van der Waals surface area contributed by atoms with Gasteiger partial charge >= 0.3 is 5.97 Å². The molecule has 0 spiro atoms. The maximum atomic E-state index is 11.5. The van der Waals surface area contributed by atoms with Gasteiger partial charge in [0.05, 0.1) is 13.5 Å². The smallest absolute Gasteiger partial charge is 0.305 e. The Balaban J connectivity index is 3.83. The molecule has 0 radical (unpaired) electrons. The Hall–Kier alpha value is -1.19. The summed E-state index contributed by atoms with van der Waals surface area (Å²) < 4.78 is 4.42. The Morgan fingerprint density at radius 3 is 1.88 bits per heavy atom. The third-order valence-electron chi connectivity index (χ3n) is 2.30. The quantitative estimate of drug-likeness (QED) is 0.651. The molecule has 0 unspecified atom stereocenters. The largest absolute Gasteiger partial charge is 0.469 e. The monoisotopic (exact) mass is 228 g/mol. The third-order valence-corrected chi connectivity index (χ3v) is 2.30. The molecule has 0 fully saturated rings. The van der Waals surface area contributed by atoms with Crippen molar-refractivity contribution in [3.63, 3.8) is 0 Å². The van der Waals surface area contributed by atoms with E-state index in [1.165, 1.54) is 7.11 Å². The molecular weight excluding hydrogens is 208 g/mol. The molecule has 0 atom stereocenters. The molecule has 0 bridgehead atoms. The molecule has 0 amide bonds. The van der Waals surface area contributed by atoms with Gasteiger partial charge in [-0.2, -0.15) is 0 Å². The Morgan fingerprint density at radius 1 is 0.938 bits per heavy atom. The maximum absolute atomic E-state index is 11.5. The van der Waals surface area contributed by atoms with Gasteiger partial charge in [-0.1, -0.05) is 20.8 Å². The van der Waals surface area contributed by atoms with Gasteiger partial charge in [-0.05, 0) is 0 Å². The Bertz CT molecular complexity index is 273. The third kappa shape index (κ3) is 6.32. The fraction of sp³-hybridized carbons (Fsp3) is 0.750. The SMILES string of the molecule is COC(=O)CCC(=O)CCC(=O)C(C)(C)C. The number of esters is 1. The van der Waals surface area contributed by atoms with Gasteiger partial charge in [-0.3, -0.25) is 14.4 Å². The summed E-state index contributed by atoms with van der Waals surface area (Å²) in [7, 11) is 1.29. The maximum Gasteiger partial charge on any atom is 0.305 e. The molecule has 0 saturated heterocycles. The lowest BCUT2D eigenvalue weighted by molar-refractivity contribution is -0.142. The average molecular weight is 228 g/mol. The zero-order valence-corrected chi connectivity index (χ0v) is 10.5. The second-order valence-electron chi connectivity index (χ2n) is 4.79. The lowest BCUT2D eigenvalue weighted by Gasteiger charge is -2.15. The summed E-state index contributed by atoms with van der Waals surface area (Å²) in [6.07, 6.45) is 0.722. The number of ketones is 2. The highest BCUT2D eigenvalue weighted by Crippen LogP contribution is 2.18. The number of hydrogen-bond acceptors (Lipinski definition) is 4. The van der Waals surface area contributed by atoms with Crippen LogP contribution in [-0.4, -0.2) is 24.6 Å². The number of Topliss-reactive ketones (excluding diaryl/α,β-unsaturated/α-hetero) is 2. The van der Waals surface area contributed by atoms with Crippen molar-refractivity contribution in [2.75, 3.05) is 7.11 Å². The first-order chi connectivity index (χ1) is 7.27. The summed E-state index contributed by atoms with van der Waals surface area (Å²) in [5, 5.41) is 0. The van der Waals surface area contributed by atoms with Gasteiger partial charge in [0.15, 0.2) is 0 Å². The molecule has 92 valence electrons. The van der Waals surface area contributed by atoms with Crippen molar-refractivity contribution < 1.29 is 19.1 Å². The topological polar surface area (TPSA) is 60.4 Å². The zero-order chi connectivity index (χ0) is 12.8. The van der Waals surface area contributed by atoms with E-state index in [1.807, 2.05) is 20.8 Å². The predicted molar refractivity (Wildman–Crippen MR) is 60.0 cm³/mol. The van der Waals surface area contributed by atoms with Crippen LogP contribution in [0.1, 0.15) is 46.5 Å². The Kier molecular flexibility index (Phi) is 5.93. The van der Waals surface area contributed by atoms with E-state index in [4.69, 9.17) is 0 Å². The van der Waals surface area contributed by atoms with Crippen LogP contribution >= 0.6 is 0 Å². The second-order valence-corrected chi connectivity index (χ2v) is 4.79. The molecule has 0 aromatic carbocycles. The molecule has 0 aromatic rings. The van der Waals surface area contributed by atoms with Crippen molar-refractivity contribution in [1.29, 1.82) is 0 Å². The first kappa shape index (κ1) is 14.8. The summed E-state index contributed by atoms with van der Waals surface area (Å²) in [6.45, 7) is 5.48. The minimum Gasteiger partial charge on any atom is -0.469 e. The van der Waals surface area contributed by atoms with Gasteiger partial charge in [-0.25, -0.2) is 0 Å². The fourth-order valence-corrected chi connectivity index (χ4v) is 1.10. The molecule has 0 aromatic heterocycles. The van der Waals surface area contributed by atoms with Crippen LogP contribution in [0, 0.1) is 5.41 Å². The molecule has 4 heteroatoms. The van der Waals surface area contributed by atoms with Crippen LogP contribution in [0.15, 0.2) is 0 Å². The van der Waals surface area contributed by atoms with E-state index in [9.17, 15) is 14.4 Å². The summed E-state index contributed by atoms with van der Waals surface area (Å²) in [6, 6.07) is 0. The number of hydrogen-bond donors (Lipinski definition) is 0. The summed E-state index contributed by atoms with van der Waals surface area (Å²) in [5.74, 6) is -0.391. The van der Waals surface area contributed by atoms with Crippen LogP contribution in [0.4, 0.5) is 0 Å². The highest BCUT2D eigenvalue weighted by Gasteiger charge is 2.21. The van der Waals surface area contributed by atoms with Crippen LogP contribution in [0.2, 0.25) is 0 Å². The van der Waals surface area contributed by atoms with E-state index in [2.05, 4.69) is 4.74 Å². The number of ether oxygens (including phenoxy) is 1. The Morgan fingerprint density at radius 2 is 1.44 bits per heavy atom. The van der Waals surface area contributed by atoms with E-state index in [0.29, 0.717) is 0 Å². The van der Waals surface area contributed by atoms with E-state index < -0.39 is 11.4 Å². The molecular formula is C12H20O4. The Labute approximate surface area is 96.4 Å². The molecule has 0 N–H and O–H groups in total. The van der Waals surface area contributed by atoms with Crippen LogP contribution in [0.5, 0.6) is 0 Å². The fourth-order valence-electron chi connectivity index (χ4n) is 1.10. The van der Waals surface area contributed by atoms with Gasteiger partial charge in [0.25, 0.3) is 0 Å². The highest BCUT2D eigenvalue weighted by molar-refractivity contribution is 5.89. The number of rotatable bonds is 6. The van der Waals surface area contributed by atoms with Crippen molar-refractivity contribution in [2.24, 2.45) is 5.41 Å². The van der Waals surface area contributed by atoms with E-state index >= 15 is 0 Å². The second kappa shape index (κ2) is 6.40. The van der Waals surface area contributed by atoms with Gasteiger partial charge in [-0.15, -0.1) is 0 Å². The van der Waals surface area contributed by atoms with Crippen molar-refractivity contribution >= 4 is 17.5 Å². The molecule has 0 aliphatic heterocycles. The predicted octanol–water partition coefficient (Wildman–Crippen LogP) is 1.90. The summed E-state index contributed by atoms with van der Waals surface area (Å²) >= 11 is 0. The summed E-state index contributed by atoms with van der Waals surface area (Å²) in [5.41, 5.74) is -0.400. The van der Waals surface area contributed by atoms with Crippen LogP contribution in [-0.2, 0) is 19.1 Å². The molecule has 0 rings (SSSR count). The standard InChI is InChI=1S/C12H20O4/c1-12(2,3)10(14)7-5-9(13)6-8-11(15)16-4/h5-8H2,1-4H3. The number of carbonyl (C=O) groups is 3. The van der Waals surface area contributed by atoms with Gasteiger partial charge in [0.1, 0.15) is 11.6 Å². The average Bonchev–Trinajstić information content (AvgIpc) is 2.20. The zero-order valence-electron chi connectivity index (χ0n) is 10.5. The van der Waals surface area contributed by atoms with Crippen LogP contribution in [0.25, 0.3) is 0 Å². The minimum atomic E-state index is -0.400. The van der Waals surface area contributed by atoms with Crippen molar-refractivity contribution in [3.05, 3.63) is 0 Å². The molecule has 0 heterocycles. The van der Waals surface area contributed by atoms with E-state index in [1.54, 1.807) is 0 Å². The first-order valence-electron chi connectivity index (χ1n) is 5.39. The molecule has 16 heavy (non-hydrogen) atoms. The minimum absolute atomic E-state index is 0.0667. The molecule has 4 nitrogen and oxygen atoms in total. The molecule has 0 saturated carbocycles. The van der Waals surface area contributed by atoms with E-state index in [-0.39, 0.29) is 37.2 Å². The van der Waals surface area contributed by atoms with Crippen molar-refractivity contribution in [3.8, 4) is 0 Å². The van der Waals surface area contributed by atoms with Gasteiger partial charge < -0.3 is 4.74 Å². The van der Waals surface area contributed by atoms with Gasteiger partial charge in [0, 0.05) is 24.7 Å². The lowest BCUT2D eigenvalue weighted by atomic mass is 9.87. The number of carbonyl (C=O) groups excluding carboxylic acids is 3. The first-order valence-corrected chi connectivity index (χ1v) is 5.39. The normalized spacial score (nSPS) is 11.0. The summed E-state index contributed by atoms with van der Waals surface area (Å²) in [4.78, 5) is 33.6. The molecule has 0 aliphatic carbocycles. The number of methoxy groups -OCH3 is 1. The highest BCUT2D eigenvalue weighted by atomic mass is 16.5. The van der Waals surface area contributed by atoms with Gasteiger partial charge in [0.2, 0.25) is 0 Å².